The number of benzene rings is 6. The molecule has 0 aliphatic rings. The van der Waals surface area contributed by atoms with Crippen molar-refractivity contribution in [2.45, 2.75) is 0 Å². The fourth-order valence-corrected chi connectivity index (χ4v) is 6.24. The van der Waals surface area contributed by atoms with Crippen LogP contribution in [0.2, 0.25) is 0 Å². The lowest BCUT2D eigenvalue weighted by molar-refractivity contribution is 1.09. The van der Waals surface area contributed by atoms with Crippen LogP contribution in [0.15, 0.2) is 156 Å². The van der Waals surface area contributed by atoms with Crippen molar-refractivity contribution in [2.24, 2.45) is 0 Å². The molecule has 2 heterocycles. The number of para-hydroxylation sites is 6. The van der Waals surface area contributed by atoms with Crippen molar-refractivity contribution in [3.8, 4) is 45.3 Å². The van der Waals surface area contributed by atoms with Crippen LogP contribution in [0.5, 0.6) is 0 Å². The Kier molecular flexibility index (Phi) is 6.24. The Morgan fingerprint density at radius 3 is 1.37 bits per heavy atom. The van der Waals surface area contributed by atoms with Gasteiger partial charge in [-0.2, -0.15) is 0 Å². The Balaban J connectivity index is 1.45. The van der Waals surface area contributed by atoms with Crippen molar-refractivity contribution in [3.63, 3.8) is 0 Å². The van der Waals surface area contributed by atoms with Crippen LogP contribution in [0, 0.1) is 0 Å². The molecular formula is C38H25BrN4. The lowest BCUT2D eigenvalue weighted by atomic mass is 9.98. The van der Waals surface area contributed by atoms with Gasteiger partial charge in [0.2, 0.25) is 0 Å². The summed E-state index contributed by atoms with van der Waals surface area (Å²) in [6.07, 6.45) is 0. The minimum atomic E-state index is 0.882. The van der Waals surface area contributed by atoms with Gasteiger partial charge < -0.3 is 0 Å². The number of hydrogen-bond acceptors (Lipinski definition) is 2. The second-order valence-corrected chi connectivity index (χ2v) is 11.4. The first kappa shape index (κ1) is 25.5. The summed E-state index contributed by atoms with van der Waals surface area (Å²) in [7, 11) is 0. The normalized spacial score (nSPS) is 11.4. The number of halogens is 1. The van der Waals surface area contributed by atoms with Gasteiger partial charge in [0.1, 0.15) is 11.6 Å². The van der Waals surface area contributed by atoms with Crippen LogP contribution in [0.4, 0.5) is 0 Å². The molecule has 8 aromatic rings. The highest BCUT2D eigenvalue weighted by Gasteiger charge is 2.20. The summed E-state index contributed by atoms with van der Waals surface area (Å²) in [5.74, 6) is 1.76. The molecule has 43 heavy (non-hydrogen) atoms. The minimum absolute atomic E-state index is 0.882. The maximum absolute atomic E-state index is 5.20. The van der Waals surface area contributed by atoms with Gasteiger partial charge in [-0.3, -0.25) is 9.13 Å². The SMILES string of the molecule is Brc1cccc(-c2cc(-c3nc4ccccc4n3-c3ccccc3)cc(-c3nc4ccccc4n3-c3ccccc3)c2)c1. The molecule has 0 aliphatic heterocycles. The lowest BCUT2D eigenvalue weighted by Crippen LogP contribution is -2.00. The smallest absolute Gasteiger partial charge is 0.145 e. The van der Waals surface area contributed by atoms with Gasteiger partial charge >= 0.3 is 0 Å². The minimum Gasteiger partial charge on any atom is -0.292 e. The first-order valence-corrected chi connectivity index (χ1v) is 15.0. The first-order valence-electron chi connectivity index (χ1n) is 14.2. The van der Waals surface area contributed by atoms with E-state index in [1.807, 2.05) is 24.3 Å². The Morgan fingerprint density at radius 1 is 0.395 bits per heavy atom. The van der Waals surface area contributed by atoms with Gasteiger partial charge in [-0.15, -0.1) is 0 Å². The van der Waals surface area contributed by atoms with Crippen LogP contribution in [0.3, 0.4) is 0 Å². The number of aromatic nitrogens is 4. The molecule has 0 unspecified atom stereocenters. The van der Waals surface area contributed by atoms with Crippen LogP contribution >= 0.6 is 15.9 Å². The molecule has 4 nitrogen and oxygen atoms in total. The van der Waals surface area contributed by atoms with E-state index in [1.165, 1.54) is 0 Å². The first-order chi connectivity index (χ1) is 21.2. The molecule has 0 bridgehead atoms. The van der Waals surface area contributed by atoms with Gasteiger partial charge in [-0.05, 0) is 90.0 Å². The summed E-state index contributed by atoms with van der Waals surface area (Å²) in [5.41, 5.74) is 10.4. The molecule has 0 aliphatic carbocycles. The predicted molar refractivity (Wildman–Crippen MR) is 180 cm³/mol. The van der Waals surface area contributed by atoms with Crippen molar-refractivity contribution in [1.82, 2.24) is 19.1 Å². The van der Waals surface area contributed by atoms with Crippen molar-refractivity contribution >= 4 is 38.0 Å². The van der Waals surface area contributed by atoms with E-state index in [9.17, 15) is 0 Å². The van der Waals surface area contributed by atoms with Gasteiger partial charge in [-0.1, -0.05) is 88.7 Å². The maximum Gasteiger partial charge on any atom is 0.145 e. The van der Waals surface area contributed by atoms with Crippen LogP contribution in [0.25, 0.3) is 67.3 Å². The van der Waals surface area contributed by atoms with Crippen LogP contribution < -0.4 is 0 Å². The van der Waals surface area contributed by atoms with Crippen molar-refractivity contribution in [1.29, 1.82) is 0 Å². The molecule has 0 saturated carbocycles. The molecule has 0 atom stereocenters. The summed E-state index contributed by atoms with van der Waals surface area (Å²) in [5, 5.41) is 0. The number of nitrogens with zero attached hydrogens (tertiary/aromatic N) is 4. The van der Waals surface area contributed by atoms with Crippen LogP contribution in [0.1, 0.15) is 0 Å². The molecule has 0 spiro atoms. The van der Waals surface area contributed by atoms with Gasteiger partial charge in [-0.25, -0.2) is 9.97 Å². The predicted octanol–water partition coefficient (Wildman–Crippen LogP) is 10.1. The summed E-state index contributed by atoms with van der Waals surface area (Å²) in [6.45, 7) is 0. The quantitative estimate of drug-likeness (QED) is 0.193. The third-order valence-electron chi connectivity index (χ3n) is 7.76. The Labute approximate surface area is 257 Å². The standard InChI is InChI=1S/C38H25BrN4/c39-30-13-11-12-26(25-30)27-22-28(37-40-33-18-7-9-20-35(33)42(37)31-14-3-1-4-15-31)24-29(23-27)38-41-34-19-8-10-21-36(34)43(38)32-16-5-2-6-17-32/h1-25H. The molecule has 2 aromatic heterocycles. The summed E-state index contributed by atoms with van der Waals surface area (Å²) >= 11 is 3.68. The lowest BCUT2D eigenvalue weighted by Gasteiger charge is -2.14. The van der Waals surface area contributed by atoms with Gasteiger partial charge in [0.25, 0.3) is 0 Å². The highest BCUT2D eigenvalue weighted by molar-refractivity contribution is 9.10. The topological polar surface area (TPSA) is 35.6 Å². The van der Waals surface area contributed by atoms with E-state index in [-0.39, 0.29) is 0 Å². The second-order valence-electron chi connectivity index (χ2n) is 10.5. The maximum atomic E-state index is 5.20. The zero-order chi connectivity index (χ0) is 28.8. The monoisotopic (exact) mass is 616 g/mol. The average Bonchev–Trinajstić information content (AvgIpc) is 3.65. The number of imidazole rings is 2. The fraction of sp³-hybridized carbons (Fsp3) is 0. The molecule has 5 heteroatoms. The van der Waals surface area contributed by atoms with E-state index >= 15 is 0 Å². The van der Waals surface area contributed by atoms with Crippen molar-refractivity contribution in [3.05, 3.63) is 156 Å². The van der Waals surface area contributed by atoms with E-state index in [2.05, 4.69) is 152 Å². The number of hydrogen-bond donors (Lipinski definition) is 0. The Hall–Kier alpha value is -5.26. The van der Waals surface area contributed by atoms with Crippen molar-refractivity contribution in [2.75, 3.05) is 0 Å². The number of fused-ring (bicyclic) bond motifs is 2. The van der Waals surface area contributed by atoms with E-state index < -0.39 is 0 Å². The Bertz CT molecular complexity index is 2110. The highest BCUT2D eigenvalue weighted by atomic mass is 79.9. The summed E-state index contributed by atoms with van der Waals surface area (Å²) < 4.78 is 5.53. The largest absolute Gasteiger partial charge is 0.292 e. The van der Waals surface area contributed by atoms with Gasteiger partial charge in [0.15, 0.2) is 0 Å². The molecule has 0 fully saturated rings. The molecule has 0 radical (unpaired) electrons. The number of rotatable bonds is 5. The fourth-order valence-electron chi connectivity index (χ4n) is 5.84. The zero-order valence-electron chi connectivity index (χ0n) is 23.1. The van der Waals surface area contributed by atoms with E-state index in [4.69, 9.17) is 9.97 Å². The van der Waals surface area contributed by atoms with E-state index in [0.29, 0.717) is 0 Å². The molecule has 0 saturated heterocycles. The summed E-state index contributed by atoms with van der Waals surface area (Å²) in [4.78, 5) is 10.4. The molecule has 0 amide bonds. The molecule has 6 aromatic carbocycles. The highest BCUT2D eigenvalue weighted by Crippen LogP contribution is 2.37. The average molecular weight is 618 g/mol. The molecule has 0 N–H and O–H groups in total. The van der Waals surface area contributed by atoms with Gasteiger partial charge in [0, 0.05) is 27.0 Å². The van der Waals surface area contributed by atoms with E-state index in [0.717, 1.165) is 71.8 Å². The second kappa shape index (κ2) is 10.5. The molecule has 8 rings (SSSR count). The molecule has 204 valence electrons. The zero-order valence-corrected chi connectivity index (χ0v) is 24.7. The Morgan fingerprint density at radius 2 is 0.860 bits per heavy atom. The summed E-state index contributed by atoms with van der Waals surface area (Å²) in [6, 6.07) is 52.6. The van der Waals surface area contributed by atoms with Crippen LogP contribution in [-0.2, 0) is 0 Å². The third kappa shape index (κ3) is 4.55. The van der Waals surface area contributed by atoms with E-state index in [1.54, 1.807) is 0 Å². The van der Waals surface area contributed by atoms with Gasteiger partial charge in [0.05, 0.1) is 22.1 Å². The third-order valence-corrected chi connectivity index (χ3v) is 8.25. The molecular weight excluding hydrogens is 592 g/mol. The van der Waals surface area contributed by atoms with Crippen LogP contribution in [-0.4, -0.2) is 19.1 Å². The van der Waals surface area contributed by atoms with Crippen molar-refractivity contribution < 1.29 is 0 Å².